The number of anilines is 1. The van der Waals surface area contributed by atoms with Crippen LogP contribution < -0.4 is 5.32 Å². The molecule has 1 aromatic heterocycles. The first-order valence-electron chi connectivity index (χ1n) is 8.33. The molecule has 0 spiro atoms. The SMILES string of the molecule is CCc1nnc(NC2C3C4CCC(C4)C23)c(C#N)c1CC. The van der Waals surface area contributed by atoms with Gasteiger partial charge in [-0.25, -0.2) is 0 Å². The summed E-state index contributed by atoms with van der Waals surface area (Å²) in [4.78, 5) is 0. The van der Waals surface area contributed by atoms with Gasteiger partial charge in [-0.1, -0.05) is 13.8 Å². The lowest BCUT2D eigenvalue weighted by atomic mass is 10.0. The Balaban J connectivity index is 1.60. The molecule has 3 saturated carbocycles. The molecule has 0 radical (unpaired) electrons. The summed E-state index contributed by atoms with van der Waals surface area (Å²) in [6.45, 7) is 4.16. The molecule has 0 amide bonds. The smallest absolute Gasteiger partial charge is 0.167 e. The van der Waals surface area contributed by atoms with Crippen molar-refractivity contribution < 1.29 is 0 Å². The number of nitrogens with zero attached hydrogens (tertiary/aromatic N) is 3. The van der Waals surface area contributed by atoms with Gasteiger partial charge >= 0.3 is 0 Å². The van der Waals surface area contributed by atoms with E-state index >= 15 is 0 Å². The molecule has 110 valence electrons. The van der Waals surface area contributed by atoms with E-state index in [9.17, 15) is 5.26 Å². The first-order valence-corrected chi connectivity index (χ1v) is 8.33. The summed E-state index contributed by atoms with van der Waals surface area (Å²) in [5.41, 5.74) is 2.77. The third-order valence-electron chi connectivity index (χ3n) is 6.00. The summed E-state index contributed by atoms with van der Waals surface area (Å²) in [5.74, 6) is 4.26. The summed E-state index contributed by atoms with van der Waals surface area (Å²) in [6, 6.07) is 2.91. The summed E-state index contributed by atoms with van der Waals surface area (Å²) in [7, 11) is 0. The zero-order chi connectivity index (χ0) is 14.6. The Labute approximate surface area is 126 Å². The van der Waals surface area contributed by atoms with Crippen LogP contribution in [0.1, 0.15) is 49.9 Å². The highest BCUT2D eigenvalue weighted by Crippen LogP contribution is 2.66. The number of aromatic nitrogens is 2. The van der Waals surface area contributed by atoms with Gasteiger partial charge in [0.15, 0.2) is 5.82 Å². The van der Waals surface area contributed by atoms with Gasteiger partial charge in [0, 0.05) is 6.04 Å². The first-order chi connectivity index (χ1) is 10.3. The standard InChI is InChI=1S/C17H22N4/c1-3-11-12(8-18)17(21-20-13(11)4-2)19-16-14-9-5-6-10(7-9)15(14)16/h9-10,14-16H,3-7H2,1-2H3,(H,19,21). The zero-order valence-electron chi connectivity index (χ0n) is 12.8. The van der Waals surface area contributed by atoms with Crippen molar-refractivity contribution in [1.29, 1.82) is 5.26 Å². The van der Waals surface area contributed by atoms with E-state index < -0.39 is 0 Å². The van der Waals surface area contributed by atoms with Crippen LogP contribution in [0, 0.1) is 35.0 Å². The fourth-order valence-electron chi connectivity index (χ4n) is 5.07. The molecule has 0 saturated heterocycles. The first kappa shape index (κ1) is 13.1. The second-order valence-electron chi connectivity index (χ2n) is 6.83. The monoisotopic (exact) mass is 282 g/mol. The van der Waals surface area contributed by atoms with Crippen LogP contribution in [0.5, 0.6) is 0 Å². The van der Waals surface area contributed by atoms with Crippen molar-refractivity contribution in [3.63, 3.8) is 0 Å². The van der Waals surface area contributed by atoms with Gasteiger partial charge in [0.05, 0.1) is 5.69 Å². The van der Waals surface area contributed by atoms with E-state index in [1.165, 1.54) is 19.3 Å². The molecule has 21 heavy (non-hydrogen) atoms. The largest absolute Gasteiger partial charge is 0.364 e. The fraction of sp³-hybridized carbons (Fsp3) is 0.706. The molecule has 1 aromatic rings. The van der Waals surface area contributed by atoms with Crippen molar-refractivity contribution in [2.24, 2.45) is 23.7 Å². The second-order valence-corrected chi connectivity index (χ2v) is 6.83. The quantitative estimate of drug-likeness (QED) is 0.922. The third-order valence-corrected chi connectivity index (χ3v) is 6.00. The fourth-order valence-corrected chi connectivity index (χ4v) is 5.07. The Bertz CT molecular complexity index is 602. The van der Waals surface area contributed by atoms with Crippen LogP contribution in [0.4, 0.5) is 5.82 Å². The predicted molar refractivity (Wildman–Crippen MR) is 80.7 cm³/mol. The van der Waals surface area contributed by atoms with Crippen molar-refractivity contribution in [2.75, 3.05) is 5.32 Å². The number of aryl methyl sites for hydroxylation is 1. The lowest BCUT2D eigenvalue weighted by Gasteiger charge is -2.14. The molecular weight excluding hydrogens is 260 g/mol. The normalized spacial score (nSPS) is 35.4. The number of rotatable bonds is 4. The van der Waals surface area contributed by atoms with Crippen LogP contribution in [0.2, 0.25) is 0 Å². The average molecular weight is 282 g/mol. The molecule has 1 N–H and O–H groups in total. The minimum atomic E-state index is 0.551. The lowest BCUT2D eigenvalue weighted by molar-refractivity contribution is 0.456. The van der Waals surface area contributed by atoms with Crippen LogP contribution in [0.25, 0.3) is 0 Å². The van der Waals surface area contributed by atoms with Gasteiger partial charge < -0.3 is 5.32 Å². The Morgan fingerprint density at radius 1 is 1.14 bits per heavy atom. The van der Waals surface area contributed by atoms with Crippen molar-refractivity contribution in [2.45, 2.75) is 52.0 Å². The van der Waals surface area contributed by atoms with E-state index in [2.05, 4.69) is 35.4 Å². The maximum Gasteiger partial charge on any atom is 0.167 e. The van der Waals surface area contributed by atoms with Gasteiger partial charge in [-0.3, -0.25) is 0 Å². The summed E-state index contributed by atoms with van der Waals surface area (Å²) in [5, 5.41) is 21.8. The van der Waals surface area contributed by atoms with E-state index in [-0.39, 0.29) is 0 Å². The van der Waals surface area contributed by atoms with Gasteiger partial charge in [-0.15, -0.1) is 5.10 Å². The molecule has 3 aliphatic rings. The van der Waals surface area contributed by atoms with Crippen molar-refractivity contribution in [3.05, 3.63) is 16.8 Å². The molecule has 4 unspecified atom stereocenters. The molecule has 3 aliphatic carbocycles. The van der Waals surface area contributed by atoms with Crippen molar-refractivity contribution in [3.8, 4) is 6.07 Å². The lowest BCUT2D eigenvalue weighted by Crippen LogP contribution is -2.16. The van der Waals surface area contributed by atoms with Gasteiger partial charge in [0.25, 0.3) is 0 Å². The van der Waals surface area contributed by atoms with Crippen LogP contribution in [-0.2, 0) is 12.8 Å². The zero-order valence-corrected chi connectivity index (χ0v) is 12.8. The van der Waals surface area contributed by atoms with Gasteiger partial charge in [0.2, 0.25) is 0 Å². The highest BCUT2D eigenvalue weighted by Gasteiger charge is 2.65. The van der Waals surface area contributed by atoms with E-state index in [0.717, 1.165) is 59.2 Å². The van der Waals surface area contributed by atoms with Crippen molar-refractivity contribution >= 4 is 5.82 Å². The third kappa shape index (κ3) is 1.79. The van der Waals surface area contributed by atoms with E-state index in [1.54, 1.807) is 0 Å². The molecular formula is C17H22N4. The van der Waals surface area contributed by atoms with Crippen LogP contribution >= 0.6 is 0 Å². The predicted octanol–water partition coefficient (Wildman–Crippen LogP) is 2.93. The number of hydrogen-bond donors (Lipinski definition) is 1. The molecule has 3 fully saturated rings. The molecule has 4 heteroatoms. The molecule has 2 bridgehead atoms. The summed E-state index contributed by atoms with van der Waals surface area (Å²) < 4.78 is 0. The van der Waals surface area contributed by atoms with Gasteiger partial charge in [-0.05, 0) is 61.3 Å². The topological polar surface area (TPSA) is 61.6 Å². The van der Waals surface area contributed by atoms with Crippen molar-refractivity contribution in [1.82, 2.24) is 10.2 Å². The number of nitriles is 1. The number of hydrogen-bond acceptors (Lipinski definition) is 4. The molecule has 1 heterocycles. The van der Waals surface area contributed by atoms with E-state index in [4.69, 9.17) is 0 Å². The van der Waals surface area contributed by atoms with Crippen LogP contribution in [-0.4, -0.2) is 16.2 Å². The molecule has 4 nitrogen and oxygen atoms in total. The van der Waals surface area contributed by atoms with Crippen LogP contribution in [0.15, 0.2) is 0 Å². The number of fused-ring (bicyclic) bond motifs is 5. The average Bonchev–Trinajstić information content (AvgIpc) is 2.90. The highest BCUT2D eigenvalue weighted by atomic mass is 15.2. The van der Waals surface area contributed by atoms with Gasteiger partial charge in [-0.2, -0.15) is 10.4 Å². The maximum atomic E-state index is 9.55. The molecule has 4 atom stereocenters. The second kappa shape index (κ2) is 4.69. The van der Waals surface area contributed by atoms with E-state index in [0.29, 0.717) is 6.04 Å². The Morgan fingerprint density at radius 2 is 1.86 bits per heavy atom. The molecule has 0 aliphatic heterocycles. The van der Waals surface area contributed by atoms with Gasteiger partial charge in [0.1, 0.15) is 11.6 Å². The van der Waals surface area contributed by atoms with E-state index in [1.807, 2.05) is 0 Å². The maximum absolute atomic E-state index is 9.55. The van der Waals surface area contributed by atoms with Crippen LogP contribution in [0.3, 0.4) is 0 Å². The Morgan fingerprint density at radius 3 is 2.43 bits per heavy atom. The Hall–Kier alpha value is -1.63. The Kier molecular flexibility index (Phi) is 2.92. The summed E-state index contributed by atoms with van der Waals surface area (Å²) >= 11 is 0. The number of nitrogens with one attached hydrogen (secondary N) is 1. The minimum Gasteiger partial charge on any atom is -0.364 e. The molecule has 4 rings (SSSR count). The minimum absolute atomic E-state index is 0.551. The summed E-state index contributed by atoms with van der Waals surface area (Å²) in [6.07, 6.45) is 5.95. The molecule has 0 aromatic carbocycles. The highest BCUT2D eigenvalue weighted by molar-refractivity contribution is 5.58.